The minimum Gasteiger partial charge on any atom is -0.468 e. The maximum Gasteiger partial charge on any atom is 0.300 e. The molecule has 0 spiro atoms. The number of halogens is 1. The number of methoxy groups -OCH3 is 1. The fourth-order valence-electron chi connectivity index (χ4n) is 1.18. The van der Waals surface area contributed by atoms with Gasteiger partial charge in [0.25, 0.3) is 5.56 Å². The van der Waals surface area contributed by atoms with Crippen LogP contribution >= 0.6 is 15.9 Å². The molecule has 1 aromatic rings. The lowest BCUT2D eigenvalue weighted by Crippen LogP contribution is -2.25. The first-order valence-corrected chi connectivity index (χ1v) is 5.86. The second-order valence-electron chi connectivity index (χ2n) is 2.96. The summed E-state index contributed by atoms with van der Waals surface area (Å²) >= 11 is 3.24. The van der Waals surface area contributed by atoms with Crippen LogP contribution in [0.25, 0.3) is 0 Å². The van der Waals surface area contributed by atoms with E-state index in [4.69, 9.17) is 15.2 Å². The second kappa shape index (κ2) is 6.49. The molecule has 0 fully saturated rings. The highest BCUT2D eigenvalue weighted by Crippen LogP contribution is 2.05. The van der Waals surface area contributed by atoms with Gasteiger partial charge in [-0.25, -0.2) is 0 Å². The molecule has 6 nitrogen and oxygen atoms in total. The van der Waals surface area contributed by atoms with Gasteiger partial charge in [0.05, 0.1) is 26.9 Å². The van der Waals surface area contributed by atoms with E-state index in [0.717, 1.165) is 5.33 Å². The topological polar surface area (TPSA) is 79.4 Å². The zero-order valence-corrected chi connectivity index (χ0v) is 10.6. The molecule has 0 aliphatic rings. The molecule has 1 rings (SSSR count). The van der Waals surface area contributed by atoms with E-state index < -0.39 is 0 Å². The van der Waals surface area contributed by atoms with Crippen molar-refractivity contribution in [2.75, 3.05) is 31.4 Å². The Kier molecular flexibility index (Phi) is 5.27. The van der Waals surface area contributed by atoms with Crippen molar-refractivity contribution >= 4 is 21.7 Å². The summed E-state index contributed by atoms with van der Waals surface area (Å²) in [5.41, 5.74) is 5.19. The number of alkyl halides is 1. The van der Waals surface area contributed by atoms with Crippen LogP contribution in [0.5, 0.6) is 6.01 Å². The SMILES string of the molecule is COc1nc(N)cc(=O)n1CCOCCBr. The molecular weight excluding hydrogens is 278 g/mol. The van der Waals surface area contributed by atoms with Gasteiger partial charge in [0.2, 0.25) is 0 Å². The van der Waals surface area contributed by atoms with E-state index in [9.17, 15) is 4.79 Å². The molecule has 0 aliphatic carbocycles. The molecule has 0 saturated heterocycles. The minimum atomic E-state index is -0.244. The van der Waals surface area contributed by atoms with Crippen LogP contribution in [0.4, 0.5) is 5.82 Å². The number of hydrogen-bond donors (Lipinski definition) is 1. The van der Waals surface area contributed by atoms with Crippen LogP contribution < -0.4 is 16.0 Å². The summed E-state index contributed by atoms with van der Waals surface area (Å²) < 4.78 is 11.6. The standard InChI is InChI=1S/C9H14BrN3O3/c1-15-9-12-7(11)6-8(14)13(9)3-5-16-4-2-10/h6H,2-5,11H2,1H3. The number of aromatic nitrogens is 2. The maximum atomic E-state index is 11.6. The van der Waals surface area contributed by atoms with Crippen LogP contribution in [0.3, 0.4) is 0 Å². The predicted octanol–water partition coefficient (Wildman–Crippen LogP) is 0.246. The van der Waals surface area contributed by atoms with E-state index in [1.807, 2.05) is 0 Å². The molecule has 0 aliphatic heterocycles. The van der Waals surface area contributed by atoms with E-state index in [-0.39, 0.29) is 17.4 Å². The Hall–Kier alpha value is -1.08. The van der Waals surface area contributed by atoms with Crippen LogP contribution in [-0.4, -0.2) is 35.2 Å². The lowest BCUT2D eigenvalue weighted by molar-refractivity contribution is 0.138. The summed E-state index contributed by atoms with van der Waals surface area (Å²) in [4.78, 5) is 15.5. The summed E-state index contributed by atoms with van der Waals surface area (Å²) in [6, 6.07) is 1.46. The number of nitrogens with two attached hydrogens (primary N) is 1. The first-order valence-electron chi connectivity index (χ1n) is 4.74. The fourth-order valence-corrected chi connectivity index (χ4v) is 1.40. The third-order valence-corrected chi connectivity index (χ3v) is 2.18. The van der Waals surface area contributed by atoms with Gasteiger partial charge in [-0.3, -0.25) is 9.36 Å². The highest BCUT2D eigenvalue weighted by Gasteiger charge is 2.06. The predicted molar refractivity (Wildman–Crippen MR) is 64.1 cm³/mol. The van der Waals surface area contributed by atoms with Gasteiger partial charge >= 0.3 is 6.01 Å². The summed E-state index contributed by atoms with van der Waals surface area (Å²) in [5, 5.41) is 0.763. The summed E-state index contributed by atoms with van der Waals surface area (Å²) in [7, 11) is 1.44. The lowest BCUT2D eigenvalue weighted by atomic mass is 10.5. The van der Waals surface area contributed by atoms with Crippen LogP contribution in [0.2, 0.25) is 0 Å². The zero-order chi connectivity index (χ0) is 12.0. The number of nitrogen functional groups attached to an aromatic ring is 1. The number of rotatable bonds is 6. The quantitative estimate of drug-likeness (QED) is 0.600. The molecule has 0 bridgehead atoms. The molecule has 0 saturated carbocycles. The van der Waals surface area contributed by atoms with Crippen LogP contribution in [0.15, 0.2) is 10.9 Å². The van der Waals surface area contributed by atoms with Crippen molar-refractivity contribution in [1.82, 2.24) is 9.55 Å². The molecule has 2 N–H and O–H groups in total. The van der Waals surface area contributed by atoms with Crippen molar-refractivity contribution < 1.29 is 9.47 Å². The number of nitrogens with zero attached hydrogens (tertiary/aromatic N) is 2. The Morgan fingerprint density at radius 1 is 1.56 bits per heavy atom. The summed E-state index contributed by atoms with van der Waals surface area (Å²) in [5.74, 6) is 0.152. The first-order chi connectivity index (χ1) is 7.69. The molecule has 7 heteroatoms. The molecule has 1 aromatic heterocycles. The Morgan fingerprint density at radius 2 is 2.31 bits per heavy atom. The van der Waals surface area contributed by atoms with E-state index >= 15 is 0 Å². The van der Waals surface area contributed by atoms with Gasteiger partial charge in [0, 0.05) is 11.4 Å². The molecule has 1 heterocycles. The van der Waals surface area contributed by atoms with Crippen LogP contribution in [-0.2, 0) is 11.3 Å². The van der Waals surface area contributed by atoms with Crippen LogP contribution in [0.1, 0.15) is 0 Å². The van der Waals surface area contributed by atoms with Crippen molar-refractivity contribution in [2.24, 2.45) is 0 Å². The molecule has 0 radical (unpaired) electrons. The van der Waals surface area contributed by atoms with Gasteiger partial charge in [-0.1, -0.05) is 15.9 Å². The highest BCUT2D eigenvalue weighted by atomic mass is 79.9. The molecule has 0 unspecified atom stereocenters. The second-order valence-corrected chi connectivity index (χ2v) is 3.75. The minimum absolute atomic E-state index is 0.152. The normalized spacial score (nSPS) is 10.4. The number of ether oxygens (including phenoxy) is 2. The van der Waals surface area contributed by atoms with E-state index in [0.29, 0.717) is 19.8 Å². The van der Waals surface area contributed by atoms with E-state index in [2.05, 4.69) is 20.9 Å². The zero-order valence-electron chi connectivity index (χ0n) is 8.98. The molecule has 16 heavy (non-hydrogen) atoms. The van der Waals surface area contributed by atoms with Crippen molar-refractivity contribution in [2.45, 2.75) is 6.54 Å². The molecule has 0 atom stereocenters. The Balaban J connectivity index is 2.74. The lowest BCUT2D eigenvalue weighted by Gasteiger charge is -2.10. The van der Waals surface area contributed by atoms with Gasteiger partial charge in [-0.15, -0.1) is 0 Å². The van der Waals surface area contributed by atoms with Crippen molar-refractivity contribution in [3.05, 3.63) is 16.4 Å². The van der Waals surface area contributed by atoms with E-state index in [1.165, 1.54) is 17.7 Å². The first kappa shape index (κ1) is 13.0. The van der Waals surface area contributed by atoms with Crippen LogP contribution in [0, 0.1) is 0 Å². The Bertz CT molecular complexity index is 394. The summed E-state index contributed by atoms with van der Waals surface area (Å²) in [6.45, 7) is 1.41. The fraction of sp³-hybridized carbons (Fsp3) is 0.556. The Morgan fingerprint density at radius 3 is 2.94 bits per heavy atom. The van der Waals surface area contributed by atoms with Gasteiger partial charge in [0.15, 0.2) is 0 Å². The molecule has 0 amide bonds. The largest absolute Gasteiger partial charge is 0.468 e. The summed E-state index contributed by atoms with van der Waals surface area (Å²) in [6.07, 6.45) is 0. The van der Waals surface area contributed by atoms with Gasteiger partial charge in [0.1, 0.15) is 5.82 Å². The van der Waals surface area contributed by atoms with Gasteiger partial charge in [-0.05, 0) is 0 Å². The average Bonchev–Trinajstić information content (AvgIpc) is 2.26. The van der Waals surface area contributed by atoms with Crippen molar-refractivity contribution in [3.63, 3.8) is 0 Å². The number of hydrogen-bond acceptors (Lipinski definition) is 5. The molecule has 0 aromatic carbocycles. The van der Waals surface area contributed by atoms with Gasteiger partial charge in [-0.2, -0.15) is 4.98 Å². The van der Waals surface area contributed by atoms with E-state index in [1.54, 1.807) is 0 Å². The Labute approximate surface area is 102 Å². The molecule has 90 valence electrons. The third kappa shape index (κ3) is 3.49. The smallest absolute Gasteiger partial charge is 0.300 e. The number of anilines is 1. The van der Waals surface area contributed by atoms with Crippen molar-refractivity contribution in [1.29, 1.82) is 0 Å². The average molecular weight is 292 g/mol. The maximum absolute atomic E-state index is 11.6. The van der Waals surface area contributed by atoms with Gasteiger partial charge < -0.3 is 15.2 Å². The molecular formula is C9H14BrN3O3. The highest BCUT2D eigenvalue weighted by molar-refractivity contribution is 9.09. The van der Waals surface area contributed by atoms with Crippen molar-refractivity contribution in [3.8, 4) is 6.01 Å². The monoisotopic (exact) mass is 291 g/mol. The third-order valence-electron chi connectivity index (χ3n) is 1.86.